The van der Waals surface area contributed by atoms with Crippen molar-refractivity contribution >= 4 is 45.8 Å². The van der Waals surface area contributed by atoms with E-state index in [0.717, 1.165) is 29.9 Å². The lowest BCUT2D eigenvalue weighted by molar-refractivity contribution is -0.129. The number of hydrogen-bond acceptors (Lipinski definition) is 6. The molecule has 1 aromatic carbocycles. The topological polar surface area (TPSA) is 83.4 Å². The number of anilines is 1. The molecule has 1 fully saturated rings. The molecule has 8 nitrogen and oxygen atoms in total. The summed E-state index contributed by atoms with van der Waals surface area (Å²) in [5.74, 6) is 0.378. The molecular weight excluding hydrogens is 492 g/mol. The van der Waals surface area contributed by atoms with Crippen LogP contribution < -0.4 is 5.32 Å². The lowest BCUT2D eigenvalue weighted by Gasteiger charge is -2.32. The molecule has 188 valence electrons. The van der Waals surface area contributed by atoms with Crippen LogP contribution in [0.4, 0.5) is 5.69 Å². The summed E-state index contributed by atoms with van der Waals surface area (Å²) >= 11 is 6.66. The number of thiocarbonyl (C=S) groups is 1. The number of carbonyl (C=O) groups excluding carboxylic acids is 2. The highest BCUT2D eigenvalue weighted by Gasteiger charge is 2.28. The van der Waals surface area contributed by atoms with Crippen molar-refractivity contribution in [2.24, 2.45) is 0 Å². The van der Waals surface area contributed by atoms with Gasteiger partial charge in [-0.2, -0.15) is 0 Å². The van der Waals surface area contributed by atoms with Gasteiger partial charge in [-0.1, -0.05) is 24.0 Å². The summed E-state index contributed by atoms with van der Waals surface area (Å²) in [6, 6.07) is 11.3. The van der Waals surface area contributed by atoms with Crippen molar-refractivity contribution < 1.29 is 9.59 Å². The van der Waals surface area contributed by atoms with E-state index in [4.69, 9.17) is 17.2 Å². The zero-order valence-corrected chi connectivity index (χ0v) is 22.3. The largest absolute Gasteiger partial charge is 0.364 e. The Morgan fingerprint density at radius 3 is 2.50 bits per heavy atom. The van der Waals surface area contributed by atoms with E-state index in [1.165, 1.54) is 11.8 Å². The number of pyridine rings is 1. The SMILES string of the molecule is Cc1ccc(C(=O)Nc2ccc(-n3ccnc3)cc2)c(C2CCN(C(=O)CSC(=S)N(C)C)CC2)n1. The van der Waals surface area contributed by atoms with Gasteiger partial charge in [0.1, 0.15) is 4.32 Å². The number of imidazole rings is 1. The van der Waals surface area contributed by atoms with Crippen molar-refractivity contribution in [2.75, 3.05) is 38.3 Å². The number of piperidine rings is 1. The molecule has 0 aliphatic carbocycles. The molecule has 0 bridgehead atoms. The van der Waals surface area contributed by atoms with Crippen LogP contribution in [0.1, 0.15) is 40.5 Å². The number of likely N-dealkylation sites (tertiary alicyclic amines) is 1. The zero-order valence-electron chi connectivity index (χ0n) is 20.7. The Labute approximate surface area is 221 Å². The first-order chi connectivity index (χ1) is 17.3. The Balaban J connectivity index is 1.40. The van der Waals surface area contributed by atoms with E-state index in [0.29, 0.717) is 34.4 Å². The van der Waals surface area contributed by atoms with E-state index in [1.807, 2.05) is 78.0 Å². The fraction of sp³-hybridized carbons (Fsp3) is 0.346. The monoisotopic (exact) mass is 522 g/mol. The molecule has 2 aromatic heterocycles. The number of carbonyl (C=O) groups is 2. The second-order valence-electron chi connectivity index (χ2n) is 8.96. The van der Waals surface area contributed by atoms with E-state index in [1.54, 1.807) is 12.5 Å². The third kappa shape index (κ3) is 6.30. The predicted octanol–water partition coefficient (Wildman–Crippen LogP) is 4.11. The van der Waals surface area contributed by atoms with Gasteiger partial charge in [-0.25, -0.2) is 4.98 Å². The van der Waals surface area contributed by atoms with Crippen LogP contribution in [-0.2, 0) is 4.79 Å². The maximum absolute atomic E-state index is 13.2. The number of rotatable bonds is 6. The van der Waals surface area contributed by atoms with Crippen molar-refractivity contribution in [1.82, 2.24) is 24.3 Å². The summed E-state index contributed by atoms with van der Waals surface area (Å²) in [4.78, 5) is 38.4. The highest BCUT2D eigenvalue weighted by Crippen LogP contribution is 2.30. The number of aryl methyl sites for hydroxylation is 1. The van der Waals surface area contributed by atoms with E-state index in [9.17, 15) is 9.59 Å². The molecule has 0 unspecified atom stereocenters. The van der Waals surface area contributed by atoms with Gasteiger partial charge in [0.25, 0.3) is 5.91 Å². The predicted molar refractivity (Wildman–Crippen MR) is 148 cm³/mol. The summed E-state index contributed by atoms with van der Waals surface area (Å²) in [6.07, 6.45) is 6.86. The third-order valence-corrected chi connectivity index (χ3v) is 7.88. The molecule has 1 N–H and O–H groups in total. The van der Waals surface area contributed by atoms with E-state index < -0.39 is 0 Å². The van der Waals surface area contributed by atoms with E-state index in [-0.39, 0.29) is 17.7 Å². The minimum absolute atomic E-state index is 0.0944. The average molecular weight is 523 g/mol. The van der Waals surface area contributed by atoms with Gasteiger partial charge in [-0.15, -0.1) is 0 Å². The molecule has 1 saturated heterocycles. The Morgan fingerprint density at radius 2 is 1.86 bits per heavy atom. The van der Waals surface area contributed by atoms with Crippen LogP contribution in [0, 0.1) is 6.92 Å². The number of nitrogens with zero attached hydrogens (tertiary/aromatic N) is 5. The Morgan fingerprint density at radius 1 is 1.14 bits per heavy atom. The summed E-state index contributed by atoms with van der Waals surface area (Å²) in [5.41, 5.74) is 3.93. The first-order valence-corrected chi connectivity index (χ1v) is 13.2. The molecule has 36 heavy (non-hydrogen) atoms. The van der Waals surface area contributed by atoms with Crippen LogP contribution in [-0.4, -0.2) is 73.4 Å². The van der Waals surface area contributed by atoms with Gasteiger partial charge in [0.05, 0.1) is 23.3 Å². The standard InChI is InChI=1S/C26H30N6O2S2/c1-18-4-9-22(25(34)29-20-5-7-21(8-6-20)32-15-12-27-17-32)24(28-18)19-10-13-31(14-11-19)23(33)16-36-26(35)30(2)3/h4-9,12,15,17,19H,10-11,13-14,16H2,1-3H3,(H,29,34). The van der Waals surface area contributed by atoms with Crippen molar-refractivity contribution in [2.45, 2.75) is 25.7 Å². The normalized spacial score (nSPS) is 13.9. The van der Waals surface area contributed by atoms with Gasteiger partial charge >= 0.3 is 0 Å². The minimum Gasteiger partial charge on any atom is -0.364 e. The summed E-state index contributed by atoms with van der Waals surface area (Å²) < 4.78 is 2.61. The van der Waals surface area contributed by atoms with E-state index in [2.05, 4.69) is 10.3 Å². The molecule has 3 heterocycles. The summed E-state index contributed by atoms with van der Waals surface area (Å²) in [5, 5.41) is 3.01. The highest BCUT2D eigenvalue weighted by atomic mass is 32.2. The molecule has 1 aliphatic rings. The van der Waals surface area contributed by atoms with Crippen molar-refractivity contribution in [1.29, 1.82) is 0 Å². The van der Waals surface area contributed by atoms with Gasteiger partial charge in [-0.05, 0) is 56.2 Å². The minimum atomic E-state index is -0.181. The van der Waals surface area contributed by atoms with Gasteiger partial charge in [-0.3, -0.25) is 14.6 Å². The second kappa shape index (κ2) is 11.7. The molecule has 0 saturated carbocycles. The number of nitrogens with one attached hydrogen (secondary N) is 1. The van der Waals surface area contributed by atoms with Crippen molar-refractivity contribution in [3.05, 3.63) is 72.1 Å². The van der Waals surface area contributed by atoms with Crippen molar-refractivity contribution in [3.8, 4) is 5.69 Å². The van der Waals surface area contributed by atoms with Crippen molar-refractivity contribution in [3.63, 3.8) is 0 Å². The van der Waals surface area contributed by atoms with Crippen LogP contribution in [0.3, 0.4) is 0 Å². The highest BCUT2D eigenvalue weighted by molar-refractivity contribution is 8.23. The lowest BCUT2D eigenvalue weighted by atomic mass is 9.89. The smallest absolute Gasteiger partial charge is 0.257 e. The van der Waals surface area contributed by atoms with Gasteiger partial charge in [0.15, 0.2) is 0 Å². The third-order valence-electron chi connectivity index (χ3n) is 6.15. The number of aromatic nitrogens is 3. The Kier molecular flexibility index (Phi) is 8.37. The molecule has 3 aromatic rings. The molecule has 0 atom stereocenters. The fourth-order valence-electron chi connectivity index (χ4n) is 4.15. The maximum Gasteiger partial charge on any atom is 0.257 e. The number of benzene rings is 1. The molecular formula is C26H30N6O2S2. The second-order valence-corrected chi connectivity index (χ2v) is 10.6. The van der Waals surface area contributed by atoms with Gasteiger partial charge in [0, 0.05) is 62.6 Å². The Hall–Kier alpha value is -3.24. The molecule has 0 spiro atoms. The summed E-state index contributed by atoms with van der Waals surface area (Å²) in [7, 11) is 3.76. The molecule has 2 amide bonds. The van der Waals surface area contributed by atoms with Crippen LogP contribution in [0.2, 0.25) is 0 Å². The average Bonchev–Trinajstić information content (AvgIpc) is 3.42. The first kappa shape index (κ1) is 25.8. The fourth-order valence-corrected chi connectivity index (χ4v) is 5.02. The van der Waals surface area contributed by atoms with Gasteiger partial charge in [0.2, 0.25) is 5.91 Å². The number of hydrogen-bond donors (Lipinski definition) is 1. The first-order valence-electron chi connectivity index (χ1n) is 11.8. The molecule has 4 rings (SSSR count). The zero-order chi connectivity index (χ0) is 25.7. The molecule has 0 radical (unpaired) electrons. The van der Waals surface area contributed by atoms with Gasteiger partial charge < -0.3 is 19.7 Å². The van der Waals surface area contributed by atoms with Crippen LogP contribution >= 0.6 is 24.0 Å². The quantitative estimate of drug-likeness (QED) is 0.488. The maximum atomic E-state index is 13.2. The number of thioether (sulfide) groups is 1. The molecule has 1 aliphatic heterocycles. The van der Waals surface area contributed by atoms with Crippen LogP contribution in [0.15, 0.2) is 55.1 Å². The van der Waals surface area contributed by atoms with Crippen LogP contribution in [0.25, 0.3) is 5.69 Å². The summed E-state index contributed by atoms with van der Waals surface area (Å²) in [6.45, 7) is 3.22. The van der Waals surface area contributed by atoms with E-state index >= 15 is 0 Å². The van der Waals surface area contributed by atoms with Crippen LogP contribution in [0.5, 0.6) is 0 Å². The lowest BCUT2D eigenvalue weighted by Crippen LogP contribution is -2.39. The molecule has 10 heteroatoms. The number of amides is 2. The Bertz CT molecular complexity index is 1220.